The molecule has 2 aliphatic heterocycles. The second-order valence-electron chi connectivity index (χ2n) is 10.9. The number of benzene rings is 1. The molecule has 2 heterocycles. The van der Waals surface area contributed by atoms with Crippen LogP contribution in [0.25, 0.3) is 6.08 Å². The summed E-state index contributed by atoms with van der Waals surface area (Å²) in [6, 6.07) is 5.99. The lowest BCUT2D eigenvalue weighted by molar-refractivity contribution is -0.356. The van der Waals surface area contributed by atoms with Crippen LogP contribution >= 0.6 is 0 Å². The molecular formula is C31H42O13. The molecule has 13 heteroatoms. The van der Waals surface area contributed by atoms with Crippen LogP contribution in [0, 0.1) is 0 Å². The average Bonchev–Trinajstić information content (AvgIpc) is 2.99. The molecule has 0 aromatic heterocycles. The minimum Gasteiger partial charge on any atom is -0.508 e. The largest absolute Gasteiger partial charge is 0.508 e. The van der Waals surface area contributed by atoms with E-state index in [1.54, 1.807) is 32.1 Å². The molecule has 6 N–H and O–H groups in total. The van der Waals surface area contributed by atoms with E-state index in [4.69, 9.17) is 23.7 Å². The van der Waals surface area contributed by atoms with Crippen molar-refractivity contribution in [2.45, 2.75) is 95.0 Å². The summed E-state index contributed by atoms with van der Waals surface area (Å²) in [4.78, 5) is 24.6. The van der Waals surface area contributed by atoms with E-state index < -0.39 is 74.0 Å². The van der Waals surface area contributed by atoms with Crippen LogP contribution < -0.4 is 0 Å². The van der Waals surface area contributed by atoms with Gasteiger partial charge in [0.25, 0.3) is 0 Å². The van der Waals surface area contributed by atoms with E-state index in [0.29, 0.717) is 17.6 Å². The summed E-state index contributed by atoms with van der Waals surface area (Å²) in [7, 11) is 0. The lowest BCUT2D eigenvalue weighted by atomic mass is 9.97. The number of rotatable bonds is 13. The minimum atomic E-state index is -1.73. The Bertz CT molecular complexity index is 1180. The smallest absolute Gasteiger partial charge is 0.331 e. The summed E-state index contributed by atoms with van der Waals surface area (Å²) < 4.78 is 28.4. The van der Waals surface area contributed by atoms with Gasteiger partial charge >= 0.3 is 5.97 Å². The highest BCUT2D eigenvalue weighted by Crippen LogP contribution is 2.31. The molecule has 0 bridgehead atoms. The monoisotopic (exact) mass is 622 g/mol. The molecule has 3 rings (SSSR count). The normalized spacial score (nSPS) is 32.9. The molecule has 1 aromatic carbocycles. The predicted octanol–water partition coefficient (Wildman–Crippen LogP) is 0.496. The number of allylic oxidation sites excluding steroid dienone is 2. The first kappa shape index (κ1) is 35.5. The zero-order valence-corrected chi connectivity index (χ0v) is 24.9. The summed E-state index contributed by atoms with van der Waals surface area (Å²) in [6.45, 7) is 7.79. The molecule has 2 aliphatic rings. The first-order valence-corrected chi connectivity index (χ1v) is 14.3. The quantitative estimate of drug-likeness (QED) is 0.101. The summed E-state index contributed by atoms with van der Waals surface area (Å²) >= 11 is 0. The SMILES string of the molecule is C=C(C)C(=O)CCC(C)=CCO[C@@H]1O[C@@H](CO)[C@@H](OC(=O)C=Cc2ccc(O)cc2)[C@H](O[C@H]2O[C@@H](C)[C@H](O)[C@H](O)[C@H]2O)[C@@H]1O. The second-order valence-corrected chi connectivity index (χ2v) is 10.9. The maximum Gasteiger partial charge on any atom is 0.331 e. The number of carbonyl (C=O) groups excluding carboxylic acids is 2. The Hall–Kier alpha value is -2.98. The van der Waals surface area contributed by atoms with Gasteiger partial charge in [0.2, 0.25) is 0 Å². The highest BCUT2D eigenvalue weighted by molar-refractivity contribution is 5.94. The third kappa shape index (κ3) is 9.51. The Labute approximate surface area is 255 Å². The van der Waals surface area contributed by atoms with Crippen molar-refractivity contribution in [2.75, 3.05) is 13.2 Å². The summed E-state index contributed by atoms with van der Waals surface area (Å²) in [5, 5.41) is 61.7. The molecule has 0 amide bonds. The number of aliphatic hydroxyl groups excluding tert-OH is 5. The van der Waals surface area contributed by atoms with E-state index in [-0.39, 0.29) is 24.6 Å². The zero-order chi connectivity index (χ0) is 32.6. The molecule has 1 aromatic rings. The number of ether oxygens (including phenoxy) is 5. The summed E-state index contributed by atoms with van der Waals surface area (Å²) in [6.07, 6.45) is -9.60. The van der Waals surface area contributed by atoms with Crippen molar-refractivity contribution in [3.8, 4) is 5.75 Å². The predicted molar refractivity (Wildman–Crippen MR) is 155 cm³/mol. The van der Waals surface area contributed by atoms with Gasteiger partial charge in [-0.2, -0.15) is 0 Å². The number of aliphatic hydroxyl groups is 5. The van der Waals surface area contributed by atoms with Crippen molar-refractivity contribution in [1.29, 1.82) is 0 Å². The highest BCUT2D eigenvalue weighted by atomic mass is 16.7. The van der Waals surface area contributed by atoms with Crippen molar-refractivity contribution in [1.82, 2.24) is 0 Å². The van der Waals surface area contributed by atoms with E-state index in [1.165, 1.54) is 25.1 Å². The maximum absolute atomic E-state index is 12.8. The fraction of sp³-hybridized carbons (Fsp3) is 0.548. The van der Waals surface area contributed by atoms with Crippen LogP contribution in [0.15, 0.2) is 54.1 Å². The van der Waals surface area contributed by atoms with Crippen molar-refractivity contribution >= 4 is 17.8 Å². The molecule has 0 aliphatic carbocycles. The molecule has 2 saturated heterocycles. The molecule has 0 radical (unpaired) electrons. The van der Waals surface area contributed by atoms with Crippen LogP contribution in [0.5, 0.6) is 5.75 Å². The van der Waals surface area contributed by atoms with E-state index in [9.17, 15) is 40.2 Å². The van der Waals surface area contributed by atoms with Crippen molar-refractivity contribution in [3.63, 3.8) is 0 Å². The van der Waals surface area contributed by atoms with Gasteiger partial charge in [-0.25, -0.2) is 4.79 Å². The van der Waals surface area contributed by atoms with Gasteiger partial charge in [0.1, 0.15) is 42.4 Å². The van der Waals surface area contributed by atoms with Gasteiger partial charge < -0.3 is 54.3 Å². The average molecular weight is 623 g/mol. The van der Waals surface area contributed by atoms with E-state index in [1.807, 2.05) is 0 Å². The number of hydrogen-bond acceptors (Lipinski definition) is 13. The Kier molecular flexibility index (Phi) is 13.2. The molecular weight excluding hydrogens is 580 g/mol. The molecule has 2 fully saturated rings. The Morgan fingerprint density at radius 3 is 2.25 bits per heavy atom. The fourth-order valence-corrected chi connectivity index (χ4v) is 4.59. The number of phenols is 1. The van der Waals surface area contributed by atoms with Crippen LogP contribution in [0.4, 0.5) is 0 Å². The standard InChI is InChI=1S/C31H42O13/c1-16(2)21(34)11-5-17(3)13-14-40-30-27(39)29(44-31-26(38)25(37)24(36)18(4)41-31)28(22(15-32)42-30)43-23(35)12-8-19-6-9-20(33)10-7-19/h6-10,12-13,18,22,24-33,36-39H,1,5,11,14-15H2,2-4H3/t18-,22-,24-,25-,26+,27-,28+,29+,30+,31+/m0/s1. The van der Waals surface area contributed by atoms with Gasteiger partial charge in [0.05, 0.1) is 19.3 Å². The van der Waals surface area contributed by atoms with E-state index in [2.05, 4.69) is 6.58 Å². The van der Waals surface area contributed by atoms with Crippen LogP contribution in [0.2, 0.25) is 0 Å². The highest BCUT2D eigenvalue weighted by Gasteiger charge is 2.52. The zero-order valence-electron chi connectivity index (χ0n) is 24.9. The molecule has 0 unspecified atom stereocenters. The van der Waals surface area contributed by atoms with Crippen molar-refractivity contribution in [2.24, 2.45) is 0 Å². The van der Waals surface area contributed by atoms with E-state index >= 15 is 0 Å². The Balaban J connectivity index is 1.78. The third-order valence-corrected chi connectivity index (χ3v) is 7.37. The maximum atomic E-state index is 12.8. The van der Waals surface area contributed by atoms with Gasteiger partial charge in [0, 0.05) is 12.5 Å². The Morgan fingerprint density at radius 1 is 0.932 bits per heavy atom. The number of ketones is 1. The van der Waals surface area contributed by atoms with E-state index in [0.717, 1.165) is 11.6 Å². The second kappa shape index (κ2) is 16.4. The van der Waals surface area contributed by atoms with Crippen LogP contribution in [0.1, 0.15) is 39.2 Å². The number of esters is 1. The molecule has 0 saturated carbocycles. The summed E-state index contributed by atoms with van der Waals surface area (Å²) in [5.41, 5.74) is 1.87. The number of Topliss-reactive ketones (excluding diaryl/α,β-unsaturated/α-hetero) is 1. The van der Waals surface area contributed by atoms with Crippen molar-refractivity contribution in [3.05, 3.63) is 59.7 Å². The molecule has 13 nitrogen and oxygen atoms in total. The topological polar surface area (TPSA) is 202 Å². The first-order chi connectivity index (χ1) is 20.8. The van der Waals surface area contributed by atoms with Gasteiger partial charge in [-0.15, -0.1) is 0 Å². The van der Waals surface area contributed by atoms with Crippen LogP contribution in [-0.4, -0.2) is 117 Å². The first-order valence-electron chi connectivity index (χ1n) is 14.3. The molecule has 0 spiro atoms. The van der Waals surface area contributed by atoms with Crippen LogP contribution in [-0.2, 0) is 33.3 Å². The number of phenolic OH excluding ortho intramolecular Hbond substituents is 1. The molecule has 244 valence electrons. The Morgan fingerprint density at radius 2 is 1.61 bits per heavy atom. The lowest BCUT2D eigenvalue weighted by Crippen LogP contribution is -2.65. The van der Waals surface area contributed by atoms with Gasteiger partial charge in [-0.05, 0) is 56.5 Å². The number of aromatic hydroxyl groups is 1. The number of carbonyl (C=O) groups is 2. The molecule has 44 heavy (non-hydrogen) atoms. The minimum absolute atomic E-state index is 0.0447. The van der Waals surface area contributed by atoms with Gasteiger partial charge in [0.15, 0.2) is 24.5 Å². The lowest BCUT2D eigenvalue weighted by Gasteiger charge is -2.46. The van der Waals surface area contributed by atoms with Gasteiger partial charge in [-0.1, -0.05) is 30.4 Å². The number of hydrogen-bond donors (Lipinski definition) is 6. The van der Waals surface area contributed by atoms with Crippen LogP contribution in [0.3, 0.4) is 0 Å². The fourth-order valence-electron chi connectivity index (χ4n) is 4.59. The van der Waals surface area contributed by atoms with Gasteiger partial charge in [-0.3, -0.25) is 4.79 Å². The summed E-state index contributed by atoms with van der Waals surface area (Å²) in [5.74, 6) is -0.904. The van der Waals surface area contributed by atoms with Crippen molar-refractivity contribution < 1.29 is 63.9 Å². The third-order valence-electron chi connectivity index (χ3n) is 7.37. The molecule has 10 atom stereocenters.